The van der Waals surface area contributed by atoms with Crippen LogP contribution in [0, 0.1) is 12.3 Å². The first-order chi connectivity index (χ1) is 9.30. The molecule has 0 spiro atoms. The van der Waals surface area contributed by atoms with Crippen LogP contribution in [0.15, 0.2) is 18.2 Å². The average molecular weight is 295 g/mol. The zero-order valence-electron chi connectivity index (χ0n) is 12.7. The molecule has 110 valence electrons. The van der Waals surface area contributed by atoms with E-state index in [1.807, 2.05) is 44.7 Å². The lowest BCUT2D eigenvalue weighted by Crippen LogP contribution is -2.51. The number of carbonyl (C=O) groups excluding carboxylic acids is 1. The zero-order valence-corrected chi connectivity index (χ0v) is 13.5. The lowest BCUT2D eigenvalue weighted by molar-refractivity contribution is -0.139. The molecular weight excluding hydrogens is 272 g/mol. The normalized spacial score (nSPS) is 16.4. The number of carbonyl (C=O) groups is 1. The van der Waals surface area contributed by atoms with E-state index in [1.165, 1.54) is 5.69 Å². The van der Waals surface area contributed by atoms with Crippen molar-refractivity contribution < 1.29 is 4.79 Å². The summed E-state index contributed by atoms with van der Waals surface area (Å²) in [7, 11) is 0. The SMILES string of the molecule is Cc1c(Cl)cccc1N1CCN(C(=O)C(C)(C)C)CC1. The molecule has 0 radical (unpaired) electrons. The number of rotatable bonds is 1. The van der Waals surface area contributed by atoms with Crippen molar-refractivity contribution in [2.24, 2.45) is 5.41 Å². The van der Waals surface area contributed by atoms with E-state index in [0.29, 0.717) is 0 Å². The molecule has 4 heteroatoms. The van der Waals surface area contributed by atoms with Gasteiger partial charge in [-0.1, -0.05) is 38.4 Å². The molecule has 0 N–H and O–H groups in total. The lowest BCUT2D eigenvalue weighted by Gasteiger charge is -2.39. The van der Waals surface area contributed by atoms with Crippen molar-refractivity contribution in [2.75, 3.05) is 31.1 Å². The number of anilines is 1. The fraction of sp³-hybridized carbons (Fsp3) is 0.562. The third-order valence-electron chi connectivity index (χ3n) is 3.79. The van der Waals surface area contributed by atoms with E-state index in [4.69, 9.17) is 11.6 Å². The Morgan fingerprint density at radius 3 is 2.30 bits per heavy atom. The van der Waals surface area contributed by atoms with Gasteiger partial charge in [-0.05, 0) is 24.6 Å². The molecular formula is C16H23ClN2O. The molecule has 0 aliphatic carbocycles. The molecule has 20 heavy (non-hydrogen) atoms. The fourth-order valence-electron chi connectivity index (χ4n) is 2.56. The first kappa shape index (κ1) is 15.2. The molecule has 1 aliphatic rings. The van der Waals surface area contributed by atoms with Crippen molar-refractivity contribution in [1.82, 2.24) is 4.90 Å². The van der Waals surface area contributed by atoms with E-state index >= 15 is 0 Å². The Kier molecular flexibility index (Phi) is 4.28. The second-order valence-corrected chi connectivity index (χ2v) is 6.82. The van der Waals surface area contributed by atoms with Crippen LogP contribution in [-0.2, 0) is 4.79 Å². The molecule has 1 heterocycles. The quantitative estimate of drug-likeness (QED) is 0.793. The van der Waals surface area contributed by atoms with Gasteiger partial charge in [-0.25, -0.2) is 0 Å². The van der Waals surface area contributed by atoms with Gasteiger partial charge in [0.15, 0.2) is 0 Å². The Labute approximate surface area is 126 Å². The average Bonchev–Trinajstić information content (AvgIpc) is 2.40. The Morgan fingerprint density at radius 2 is 1.75 bits per heavy atom. The summed E-state index contributed by atoms with van der Waals surface area (Å²) in [6, 6.07) is 6.00. The van der Waals surface area contributed by atoms with Gasteiger partial charge in [-0.15, -0.1) is 0 Å². The minimum absolute atomic E-state index is 0.236. The van der Waals surface area contributed by atoms with Gasteiger partial charge in [-0.3, -0.25) is 4.79 Å². The molecule has 1 aliphatic heterocycles. The predicted octanol–water partition coefficient (Wildman–Crippen LogP) is 3.34. The van der Waals surface area contributed by atoms with Crippen LogP contribution in [0.2, 0.25) is 5.02 Å². The fourth-order valence-corrected chi connectivity index (χ4v) is 2.73. The summed E-state index contributed by atoms with van der Waals surface area (Å²) < 4.78 is 0. The van der Waals surface area contributed by atoms with Gasteiger partial charge >= 0.3 is 0 Å². The Morgan fingerprint density at radius 1 is 1.15 bits per heavy atom. The highest BCUT2D eigenvalue weighted by molar-refractivity contribution is 6.31. The summed E-state index contributed by atoms with van der Waals surface area (Å²) in [4.78, 5) is 16.6. The third kappa shape index (κ3) is 3.09. The molecule has 0 bridgehead atoms. The van der Waals surface area contributed by atoms with Gasteiger partial charge in [0.1, 0.15) is 0 Å². The molecule has 2 rings (SSSR count). The van der Waals surface area contributed by atoms with E-state index in [1.54, 1.807) is 0 Å². The third-order valence-corrected chi connectivity index (χ3v) is 4.20. The van der Waals surface area contributed by atoms with E-state index in [0.717, 1.165) is 36.8 Å². The molecule has 3 nitrogen and oxygen atoms in total. The van der Waals surface area contributed by atoms with Crippen LogP contribution < -0.4 is 4.90 Å². The zero-order chi connectivity index (χ0) is 14.9. The van der Waals surface area contributed by atoms with Crippen molar-refractivity contribution in [2.45, 2.75) is 27.7 Å². The molecule has 1 aromatic rings. The van der Waals surface area contributed by atoms with Gasteiger partial charge in [-0.2, -0.15) is 0 Å². The Balaban J connectivity index is 2.05. The van der Waals surface area contributed by atoms with Gasteiger partial charge in [0.25, 0.3) is 0 Å². The van der Waals surface area contributed by atoms with E-state index in [-0.39, 0.29) is 11.3 Å². The van der Waals surface area contributed by atoms with Crippen LogP contribution in [0.3, 0.4) is 0 Å². The monoisotopic (exact) mass is 294 g/mol. The second kappa shape index (κ2) is 5.65. The second-order valence-electron chi connectivity index (χ2n) is 6.41. The summed E-state index contributed by atoms with van der Waals surface area (Å²) in [5.41, 5.74) is 2.00. The lowest BCUT2D eigenvalue weighted by atomic mass is 9.94. The summed E-state index contributed by atoms with van der Waals surface area (Å²) in [6.07, 6.45) is 0. The van der Waals surface area contributed by atoms with Gasteiger partial charge in [0.2, 0.25) is 5.91 Å². The molecule has 1 saturated heterocycles. The molecule has 1 amide bonds. The molecule has 0 aromatic heterocycles. The van der Waals surface area contributed by atoms with Gasteiger partial charge < -0.3 is 9.80 Å². The topological polar surface area (TPSA) is 23.6 Å². The Hall–Kier alpha value is -1.22. The maximum atomic E-state index is 12.3. The number of halogens is 1. The summed E-state index contributed by atoms with van der Waals surface area (Å²) in [6.45, 7) is 11.3. The molecule has 0 saturated carbocycles. The highest BCUT2D eigenvalue weighted by Gasteiger charge is 2.29. The number of benzene rings is 1. The summed E-state index contributed by atoms with van der Waals surface area (Å²) in [5, 5.41) is 0.802. The van der Waals surface area contributed by atoms with Crippen LogP contribution in [0.4, 0.5) is 5.69 Å². The van der Waals surface area contributed by atoms with Crippen LogP contribution in [0.25, 0.3) is 0 Å². The summed E-state index contributed by atoms with van der Waals surface area (Å²) >= 11 is 6.18. The van der Waals surface area contributed by atoms with Crippen LogP contribution in [-0.4, -0.2) is 37.0 Å². The highest BCUT2D eigenvalue weighted by atomic mass is 35.5. The molecule has 1 fully saturated rings. The number of hydrogen-bond donors (Lipinski definition) is 0. The van der Waals surface area contributed by atoms with E-state index < -0.39 is 0 Å². The Bertz CT molecular complexity index is 500. The first-order valence-electron chi connectivity index (χ1n) is 7.10. The van der Waals surface area contributed by atoms with E-state index in [2.05, 4.69) is 11.0 Å². The van der Waals surface area contributed by atoms with Gasteiger partial charge in [0.05, 0.1) is 0 Å². The van der Waals surface area contributed by atoms with Crippen LogP contribution in [0.5, 0.6) is 0 Å². The van der Waals surface area contributed by atoms with E-state index in [9.17, 15) is 4.79 Å². The predicted molar refractivity (Wildman–Crippen MR) is 84.4 cm³/mol. The minimum Gasteiger partial charge on any atom is -0.368 e. The van der Waals surface area contributed by atoms with Crippen molar-refractivity contribution in [1.29, 1.82) is 0 Å². The number of hydrogen-bond acceptors (Lipinski definition) is 2. The maximum Gasteiger partial charge on any atom is 0.228 e. The standard InChI is InChI=1S/C16H23ClN2O/c1-12-13(17)6-5-7-14(12)18-8-10-19(11-9-18)15(20)16(2,3)4/h5-7H,8-11H2,1-4H3. The first-order valence-corrected chi connectivity index (χ1v) is 7.48. The minimum atomic E-state index is -0.297. The van der Waals surface area contributed by atoms with Gasteiger partial charge in [0, 0.05) is 42.3 Å². The largest absolute Gasteiger partial charge is 0.368 e. The maximum absolute atomic E-state index is 12.3. The number of piperazine rings is 1. The molecule has 0 atom stereocenters. The van der Waals surface area contributed by atoms with Crippen molar-refractivity contribution in [3.05, 3.63) is 28.8 Å². The smallest absolute Gasteiger partial charge is 0.228 e. The van der Waals surface area contributed by atoms with Crippen molar-refractivity contribution in [3.63, 3.8) is 0 Å². The van der Waals surface area contributed by atoms with Crippen molar-refractivity contribution >= 4 is 23.2 Å². The summed E-state index contributed by atoms with van der Waals surface area (Å²) in [5.74, 6) is 0.236. The molecule has 0 unspecified atom stereocenters. The van der Waals surface area contributed by atoms with Crippen LogP contribution >= 0.6 is 11.6 Å². The number of amides is 1. The molecule has 1 aromatic carbocycles. The van der Waals surface area contributed by atoms with Crippen molar-refractivity contribution in [3.8, 4) is 0 Å². The number of nitrogens with zero attached hydrogens (tertiary/aromatic N) is 2. The van der Waals surface area contributed by atoms with Crippen LogP contribution in [0.1, 0.15) is 26.3 Å². The highest BCUT2D eigenvalue weighted by Crippen LogP contribution is 2.28.